The Hall–Kier alpha value is -3.34. The number of rotatable bonds is 5. The van der Waals surface area contributed by atoms with Crippen LogP contribution in [-0.4, -0.2) is 22.8 Å². The first-order valence-electron chi connectivity index (χ1n) is 9.88. The minimum Gasteiger partial charge on any atom is -0.420 e. The molecule has 35 heavy (non-hydrogen) atoms. The van der Waals surface area contributed by atoms with Gasteiger partial charge in [0.25, 0.3) is 5.69 Å². The van der Waals surface area contributed by atoms with Gasteiger partial charge in [-0.1, -0.05) is 29.8 Å². The van der Waals surface area contributed by atoms with Gasteiger partial charge >= 0.3 is 11.9 Å². The number of carbonyl (C=O) groups excluding carboxylic acids is 2. The van der Waals surface area contributed by atoms with Crippen LogP contribution >= 0.6 is 43.5 Å². The van der Waals surface area contributed by atoms with Gasteiger partial charge in [-0.3, -0.25) is 10.1 Å². The molecule has 0 saturated heterocycles. The summed E-state index contributed by atoms with van der Waals surface area (Å²) < 4.78 is 11.6. The van der Waals surface area contributed by atoms with E-state index in [2.05, 4.69) is 36.9 Å². The Labute approximate surface area is 220 Å². The second-order valence-electron chi connectivity index (χ2n) is 7.28. The third-order valence-corrected chi connectivity index (χ3v) is 6.39. The number of aliphatic imine (C=N–C) groups is 1. The number of halogens is 3. The number of nitro benzene ring substituents is 1. The first kappa shape index (κ1) is 24.8. The zero-order valence-electron chi connectivity index (χ0n) is 17.8. The monoisotopic (exact) mass is 618 g/mol. The molecule has 3 aromatic carbocycles. The van der Waals surface area contributed by atoms with Crippen LogP contribution < -0.4 is 4.74 Å². The molecule has 0 atom stereocenters. The van der Waals surface area contributed by atoms with E-state index >= 15 is 0 Å². The lowest BCUT2D eigenvalue weighted by Gasteiger charge is -2.10. The largest absolute Gasteiger partial charge is 0.420 e. The molecule has 0 bridgehead atoms. The number of cyclic esters (lactones) is 1. The highest BCUT2D eigenvalue weighted by Crippen LogP contribution is 2.36. The average molecular weight is 621 g/mol. The zero-order chi connectivity index (χ0) is 25.3. The van der Waals surface area contributed by atoms with Crippen LogP contribution in [-0.2, 0) is 9.53 Å². The van der Waals surface area contributed by atoms with E-state index in [9.17, 15) is 19.7 Å². The highest BCUT2D eigenvalue weighted by molar-refractivity contribution is 9.11. The first-order valence-corrected chi connectivity index (χ1v) is 11.8. The van der Waals surface area contributed by atoms with Gasteiger partial charge in [-0.2, -0.15) is 0 Å². The summed E-state index contributed by atoms with van der Waals surface area (Å²) in [5, 5.41) is 11.5. The number of ether oxygens (including phenoxy) is 2. The fourth-order valence-corrected chi connectivity index (χ4v) is 4.76. The molecule has 176 valence electrons. The average Bonchev–Trinajstić information content (AvgIpc) is 3.16. The number of nitrogens with zero attached hydrogens (tertiary/aromatic N) is 2. The first-order chi connectivity index (χ1) is 16.6. The van der Waals surface area contributed by atoms with Gasteiger partial charge in [0.05, 0.1) is 24.5 Å². The van der Waals surface area contributed by atoms with E-state index in [-0.39, 0.29) is 33.6 Å². The van der Waals surface area contributed by atoms with Crippen molar-refractivity contribution < 1.29 is 24.0 Å². The topological polar surface area (TPSA) is 108 Å². The fourth-order valence-electron chi connectivity index (χ4n) is 3.16. The van der Waals surface area contributed by atoms with Gasteiger partial charge in [0.1, 0.15) is 0 Å². The van der Waals surface area contributed by atoms with Crippen molar-refractivity contribution in [1.29, 1.82) is 0 Å². The predicted molar refractivity (Wildman–Crippen MR) is 137 cm³/mol. The van der Waals surface area contributed by atoms with Crippen LogP contribution in [0.1, 0.15) is 27.0 Å². The molecule has 0 amide bonds. The number of hydrogen-bond donors (Lipinski definition) is 0. The van der Waals surface area contributed by atoms with E-state index in [0.717, 1.165) is 0 Å². The molecule has 0 aliphatic carbocycles. The van der Waals surface area contributed by atoms with Crippen molar-refractivity contribution in [2.75, 3.05) is 0 Å². The summed E-state index contributed by atoms with van der Waals surface area (Å²) in [4.78, 5) is 39.8. The van der Waals surface area contributed by atoms with Crippen molar-refractivity contribution >= 4 is 73.1 Å². The number of esters is 2. The molecule has 11 heteroatoms. The van der Waals surface area contributed by atoms with Gasteiger partial charge in [-0.25, -0.2) is 14.6 Å². The Bertz CT molecular complexity index is 1450. The molecule has 0 unspecified atom stereocenters. The van der Waals surface area contributed by atoms with Crippen molar-refractivity contribution in [1.82, 2.24) is 0 Å². The van der Waals surface area contributed by atoms with Gasteiger partial charge in [-0.15, -0.1) is 0 Å². The number of aryl methyl sites for hydroxylation is 1. The Morgan fingerprint density at radius 1 is 1.14 bits per heavy atom. The summed E-state index contributed by atoms with van der Waals surface area (Å²) in [6, 6.07) is 14.2. The maximum Gasteiger partial charge on any atom is 0.363 e. The van der Waals surface area contributed by atoms with E-state index in [1.165, 1.54) is 12.1 Å². The van der Waals surface area contributed by atoms with Crippen LogP contribution in [0, 0.1) is 17.0 Å². The lowest BCUT2D eigenvalue weighted by atomic mass is 10.1. The Kier molecular flexibility index (Phi) is 7.15. The molecule has 1 aliphatic heterocycles. The molecule has 3 aromatic rings. The van der Waals surface area contributed by atoms with Gasteiger partial charge < -0.3 is 9.47 Å². The van der Waals surface area contributed by atoms with Gasteiger partial charge in [0, 0.05) is 17.2 Å². The summed E-state index contributed by atoms with van der Waals surface area (Å²) in [7, 11) is 0. The standard InChI is InChI=1S/C24H13Br2ClN2O6/c1-12-6-7-14(11-20(12)29(32)33)22-28-19(24(31)35-22)10-13-8-16(25)21(17(26)9-13)34-23(30)15-4-2-3-5-18(15)27/h2-11H,1H3/b19-10-. The summed E-state index contributed by atoms with van der Waals surface area (Å²) in [6.07, 6.45) is 1.48. The van der Waals surface area contributed by atoms with Crippen LogP contribution in [0.25, 0.3) is 6.08 Å². The van der Waals surface area contributed by atoms with E-state index in [4.69, 9.17) is 21.1 Å². The molecule has 0 N–H and O–H groups in total. The third-order valence-electron chi connectivity index (χ3n) is 4.89. The second-order valence-corrected chi connectivity index (χ2v) is 9.39. The van der Waals surface area contributed by atoms with Crippen molar-refractivity contribution in [3.63, 3.8) is 0 Å². The Balaban J connectivity index is 1.61. The minimum atomic E-state index is -0.704. The van der Waals surface area contributed by atoms with Gasteiger partial charge in [0.2, 0.25) is 5.90 Å². The Morgan fingerprint density at radius 2 is 1.83 bits per heavy atom. The van der Waals surface area contributed by atoms with Crippen LogP contribution in [0.5, 0.6) is 5.75 Å². The van der Waals surface area contributed by atoms with Crippen molar-refractivity contribution in [2.24, 2.45) is 4.99 Å². The quantitative estimate of drug-likeness (QED) is 0.104. The highest BCUT2D eigenvalue weighted by atomic mass is 79.9. The molecule has 8 nitrogen and oxygen atoms in total. The van der Waals surface area contributed by atoms with E-state index < -0.39 is 16.9 Å². The molecule has 0 fully saturated rings. The van der Waals surface area contributed by atoms with E-state index in [1.807, 2.05) is 0 Å². The maximum atomic E-state index is 12.5. The smallest absolute Gasteiger partial charge is 0.363 e. The fraction of sp³-hybridized carbons (Fsp3) is 0.0417. The van der Waals surface area contributed by atoms with Crippen LogP contribution in [0.15, 0.2) is 74.2 Å². The molecule has 0 spiro atoms. The zero-order valence-corrected chi connectivity index (χ0v) is 21.7. The van der Waals surface area contributed by atoms with Crippen LogP contribution in [0.3, 0.4) is 0 Å². The minimum absolute atomic E-state index is 0.00263. The SMILES string of the molecule is Cc1ccc(C2=N/C(=C\c3cc(Br)c(OC(=O)c4ccccc4Cl)c(Br)c3)C(=O)O2)cc1[N+](=O)[O-]. The van der Waals surface area contributed by atoms with E-state index in [1.54, 1.807) is 55.5 Å². The molecular weight excluding hydrogens is 608 g/mol. The summed E-state index contributed by atoms with van der Waals surface area (Å²) in [6.45, 7) is 1.61. The van der Waals surface area contributed by atoms with Gasteiger partial charge in [0.15, 0.2) is 11.4 Å². The number of nitro groups is 1. The van der Waals surface area contributed by atoms with Crippen molar-refractivity contribution in [3.8, 4) is 5.75 Å². The normalized spacial score (nSPS) is 14.0. The Morgan fingerprint density at radius 3 is 2.49 bits per heavy atom. The lowest BCUT2D eigenvalue weighted by Crippen LogP contribution is -2.10. The maximum absolute atomic E-state index is 12.5. The molecular formula is C24H13Br2ClN2O6. The molecule has 0 radical (unpaired) electrons. The van der Waals surface area contributed by atoms with Crippen molar-refractivity contribution in [2.45, 2.75) is 6.92 Å². The second kappa shape index (κ2) is 10.1. The van der Waals surface area contributed by atoms with Crippen LogP contribution in [0.2, 0.25) is 5.02 Å². The highest BCUT2D eigenvalue weighted by Gasteiger charge is 2.26. The molecule has 1 heterocycles. The molecule has 0 saturated carbocycles. The summed E-state index contributed by atoms with van der Waals surface area (Å²) in [5.74, 6) is -1.15. The van der Waals surface area contributed by atoms with E-state index in [0.29, 0.717) is 25.6 Å². The molecule has 1 aliphatic rings. The number of benzene rings is 3. The lowest BCUT2D eigenvalue weighted by molar-refractivity contribution is -0.385. The van der Waals surface area contributed by atoms with Crippen LogP contribution in [0.4, 0.5) is 5.69 Å². The number of hydrogen-bond acceptors (Lipinski definition) is 7. The summed E-state index contributed by atoms with van der Waals surface area (Å²) >= 11 is 12.8. The number of carbonyl (C=O) groups is 2. The molecule has 0 aromatic heterocycles. The summed E-state index contributed by atoms with van der Waals surface area (Å²) in [5.41, 5.74) is 1.45. The predicted octanol–water partition coefficient (Wildman–Crippen LogP) is 6.65. The van der Waals surface area contributed by atoms with Gasteiger partial charge in [-0.05, 0) is 80.8 Å². The third kappa shape index (κ3) is 5.34. The van der Waals surface area contributed by atoms with Crippen molar-refractivity contribution in [3.05, 3.63) is 107 Å². The molecule has 4 rings (SSSR count).